The zero-order valence-electron chi connectivity index (χ0n) is 6.32. The summed E-state index contributed by atoms with van der Waals surface area (Å²) in [6, 6.07) is -0.833. The van der Waals surface area contributed by atoms with Gasteiger partial charge in [0.2, 0.25) is 0 Å². The van der Waals surface area contributed by atoms with Crippen molar-refractivity contribution in [1.82, 2.24) is 0 Å². The van der Waals surface area contributed by atoms with Gasteiger partial charge in [0.15, 0.2) is 0 Å². The third kappa shape index (κ3) is 2750. The highest BCUT2D eigenvalue weighted by atomic mass is 16.2. The summed E-state index contributed by atoms with van der Waals surface area (Å²) in [4.78, 5) is 26.3. The van der Waals surface area contributed by atoms with Gasteiger partial charge < -0.3 is 16.3 Å². The van der Waals surface area contributed by atoms with Gasteiger partial charge in [-0.1, -0.05) is 6.08 Å². The number of hydrogen-bond donors (Lipinski definition) is 2. The minimum atomic E-state index is -0.833. The summed E-state index contributed by atoms with van der Waals surface area (Å²) in [5.41, 5.74) is 8.50. The zero-order valence-corrected chi connectivity index (χ0v) is 6.32. The molecule has 0 aromatic carbocycles. The van der Waals surface area contributed by atoms with E-state index < -0.39 is 6.03 Å². The molecule has 0 rings (SSSR count). The van der Waals surface area contributed by atoms with Crippen LogP contribution in [0.3, 0.4) is 0 Å². The van der Waals surface area contributed by atoms with E-state index in [-0.39, 0.29) is 0 Å². The molecule has 2 amide bonds. The highest BCUT2D eigenvalue weighted by molar-refractivity contribution is 5.69. The second-order valence-electron chi connectivity index (χ2n) is 1.06. The van der Waals surface area contributed by atoms with Gasteiger partial charge in [0, 0.05) is 0 Å². The van der Waals surface area contributed by atoms with Gasteiger partial charge in [-0.15, -0.1) is 0 Å². The Morgan fingerprint density at radius 1 is 1.36 bits per heavy atom. The Bertz CT molecular complexity index is 119. The van der Waals surface area contributed by atoms with Gasteiger partial charge in [-0.25, -0.2) is 4.79 Å². The zero-order chi connectivity index (χ0) is 9.70. The molecule has 0 heterocycles. The van der Waals surface area contributed by atoms with Crippen molar-refractivity contribution in [1.29, 1.82) is 0 Å². The van der Waals surface area contributed by atoms with Crippen LogP contribution >= 0.6 is 0 Å². The maximum Gasteiger partial charge on any atom is 0.309 e. The van der Waals surface area contributed by atoms with Crippen molar-refractivity contribution < 1.29 is 14.4 Å². The van der Waals surface area contributed by atoms with Crippen LogP contribution < -0.4 is 11.5 Å². The lowest BCUT2D eigenvalue weighted by Crippen LogP contribution is -2.18. The molecule has 0 bridgehead atoms. The Balaban J connectivity index is -0.0000000965. The summed E-state index contributed by atoms with van der Waals surface area (Å²) in [5.74, 6) is 0. The summed E-state index contributed by atoms with van der Waals surface area (Å²) in [6.07, 6.45) is 3.88. The van der Waals surface area contributed by atoms with Crippen molar-refractivity contribution in [2.24, 2.45) is 11.5 Å². The van der Waals surface area contributed by atoms with Gasteiger partial charge in [-0.3, -0.25) is 4.79 Å². The average Bonchev–Trinajstić information content (AvgIpc) is 1.93. The van der Waals surface area contributed by atoms with E-state index in [1.54, 1.807) is 13.0 Å². The number of aldehydes is 1. The van der Waals surface area contributed by atoms with E-state index in [0.29, 0.717) is 0 Å². The molecule has 0 aliphatic rings. The fourth-order valence-corrected chi connectivity index (χ4v) is 0.0786. The SMILES string of the molecule is C=O.CC=CC=O.NC(N)=O. The molecule has 5 heteroatoms. The highest BCUT2D eigenvalue weighted by Crippen LogP contribution is 1.55. The quantitative estimate of drug-likeness (QED) is 0.403. The Morgan fingerprint density at radius 2 is 1.64 bits per heavy atom. The van der Waals surface area contributed by atoms with Gasteiger partial charge in [-0.2, -0.15) is 0 Å². The minimum Gasteiger partial charge on any atom is -0.352 e. The summed E-state index contributed by atoms with van der Waals surface area (Å²) < 4.78 is 0. The first kappa shape index (κ1) is 16.2. The molecule has 4 N–H and O–H groups in total. The lowest BCUT2D eigenvalue weighted by atomic mass is 10.6. The molecule has 0 unspecified atom stereocenters. The number of carbonyl (C=O) groups is 3. The molecule has 0 aliphatic carbocycles. The average molecular weight is 160 g/mol. The Labute approximate surface area is 65.1 Å². The number of hydrogen-bond acceptors (Lipinski definition) is 3. The molecule has 0 atom stereocenters. The van der Waals surface area contributed by atoms with Crippen LogP contribution in [0.5, 0.6) is 0 Å². The lowest BCUT2D eigenvalue weighted by molar-refractivity contribution is -0.104. The van der Waals surface area contributed by atoms with Gasteiger partial charge in [0.1, 0.15) is 13.1 Å². The van der Waals surface area contributed by atoms with E-state index in [2.05, 4.69) is 11.5 Å². The summed E-state index contributed by atoms with van der Waals surface area (Å²) >= 11 is 0. The van der Waals surface area contributed by atoms with Crippen molar-refractivity contribution in [3.63, 3.8) is 0 Å². The van der Waals surface area contributed by atoms with Crippen LogP contribution in [0.1, 0.15) is 6.92 Å². The molecule has 11 heavy (non-hydrogen) atoms. The first-order chi connectivity index (χ1) is 5.15. The first-order valence-corrected chi connectivity index (χ1v) is 2.55. The van der Waals surface area contributed by atoms with E-state index in [0.717, 1.165) is 6.29 Å². The number of amides is 2. The third-order valence-electron chi connectivity index (χ3n) is 0.271. The summed E-state index contributed by atoms with van der Waals surface area (Å²) in [6.45, 7) is 3.80. The largest absolute Gasteiger partial charge is 0.352 e. The second-order valence-corrected chi connectivity index (χ2v) is 1.06. The van der Waals surface area contributed by atoms with Crippen molar-refractivity contribution in [2.75, 3.05) is 0 Å². The number of allylic oxidation sites excluding steroid dienone is 2. The van der Waals surface area contributed by atoms with Crippen LogP contribution in [-0.2, 0) is 9.59 Å². The minimum absolute atomic E-state index is 0.750. The van der Waals surface area contributed by atoms with E-state index in [1.807, 2.05) is 6.79 Å². The molecule has 0 fully saturated rings. The fraction of sp³-hybridized carbons (Fsp3) is 0.167. The molecule has 64 valence electrons. The van der Waals surface area contributed by atoms with Crippen LogP contribution in [0, 0.1) is 0 Å². The first-order valence-electron chi connectivity index (χ1n) is 2.55. The van der Waals surface area contributed by atoms with Crippen molar-refractivity contribution >= 4 is 19.1 Å². The van der Waals surface area contributed by atoms with Gasteiger partial charge >= 0.3 is 6.03 Å². The molecular formula is C6H12N2O3. The molecule has 0 aromatic heterocycles. The molecule has 5 nitrogen and oxygen atoms in total. The number of primary amides is 2. The highest BCUT2D eigenvalue weighted by Gasteiger charge is 1.60. The van der Waals surface area contributed by atoms with Crippen LogP contribution in [0.15, 0.2) is 12.2 Å². The van der Waals surface area contributed by atoms with E-state index in [1.165, 1.54) is 6.08 Å². The van der Waals surface area contributed by atoms with Crippen LogP contribution in [0.4, 0.5) is 4.79 Å². The fourth-order valence-electron chi connectivity index (χ4n) is 0.0786. The number of nitrogens with two attached hydrogens (primary N) is 2. The second kappa shape index (κ2) is 23.8. The summed E-state index contributed by atoms with van der Waals surface area (Å²) in [5, 5.41) is 0. The predicted molar refractivity (Wildman–Crippen MR) is 41.8 cm³/mol. The van der Waals surface area contributed by atoms with Gasteiger partial charge in [-0.05, 0) is 13.0 Å². The third-order valence-corrected chi connectivity index (χ3v) is 0.271. The van der Waals surface area contributed by atoms with Crippen LogP contribution in [-0.4, -0.2) is 19.1 Å². The van der Waals surface area contributed by atoms with Crippen LogP contribution in [0.2, 0.25) is 0 Å². The Kier molecular flexibility index (Phi) is 35.0. The van der Waals surface area contributed by atoms with E-state index in [9.17, 15) is 4.79 Å². The smallest absolute Gasteiger partial charge is 0.309 e. The normalized spacial score (nSPS) is 6.64. The lowest BCUT2D eigenvalue weighted by Gasteiger charge is -1.62. The maximum absolute atomic E-state index is 9.32. The number of carbonyl (C=O) groups excluding carboxylic acids is 3. The molecule has 0 saturated heterocycles. The summed E-state index contributed by atoms with van der Waals surface area (Å²) in [7, 11) is 0. The van der Waals surface area contributed by atoms with E-state index >= 15 is 0 Å². The maximum atomic E-state index is 9.32. The van der Waals surface area contributed by atoms with Gasteiger partial charge in [0.25, 0.3) is 0 Å². The Morgan fingerprint density at radius 3 is 1.64 bits per heavy atom. The molecule has 0 radical (unpaired) electrons. The Hall–Kier alpha value is -1.65. The monoisotopic (exact) mass is 160 g/mol. The predicted octanol–water partition coefficient (Wildman–Crippen LogP) is -0.400. The van der Waals surface area contributed by atoms with Crippen molar-refractivity contribution in [2.45, 2.75) is 6.92 Å². The molecular weight excluding hydrogens is 148 g/mol. The van der Waals surface area contributed by atoms with Gasteiger partial charge in [0.05, 0.1) is 0 Å². The molecule has 0 saturated carbocycles. The standard InChI is InChI=1S/C4H6O.CH4N2O.CH2O/c1-2-3-4-5;2-1(3)4;1-2/h2-4H,1H3;(H4,2,3,4);1H2. The van der Waals surface area contributed by atoms with Crippen molar-refractivity contribution in [3.05, 3.63) is 12.2 Å². The van der Waals surface area contributed by atoms with E-state index in [4.69, 9.17) is 9.59 Å². The number of urea groups is 1. The van der Waals surface area contributed by atoms with Crippen molar-refractivity contribution in [3.8, 4) is 0 Å². The topological polar surface area (TPSA) is 103 Å². The van der Waals surface area contributed by atoms with Crippen LogP contribution in [0.25, 0.3) is 0 Å². The number of rotatable bonds is 1. The molecule has 0 spiro atoms. The molecule has 0 aromatic rings. The molecule has 0 aliphatic heterocycles.